The van der Waals surface area contributed by atoms with E-state index in [-0.39, 0.29) is 10.6 Å². The van der Waals surface area contributed by atoms with E-state index in [2.05, 4.69) is 29.0 Å². The van der Waals surface area contributed by atoms with Crippen LogP contribution in [0.15, 0.2) is 30.5 Å². The first-order valence-corrected chi connectivity index (χ1v) is 7.18. The molecule has 1 aromatic carbocycles. The van der Waals surface area contributed by atoms with Gasteiger partial charge in [0.2, 0.25) is 0 Å². The molecule has 21 heavy (non-hydrogen) atoms. The maximum absolute atomic E-state index is 11.2. The molecule has 1 saturated heterocycles. The Bertz CT molecular complexity index is 678. The largest absolute Gasteiger partial charge is 0.358 e. The van der Waals surface area contributed by atoms with Crippen LogP contribution < -0.4 is 10.2 Å². The predicted octanol–water partition coefficient (Wildman–Crippen LogP) is 1.30. The van der Waals surface area contributed by atoms with Gasteiger partial charge in [-0.1, -0.05) is 0 Å². The van der Waals surface area contributed by atoms with Crippen molar-refractivity contribution in [2.24, 2.45) is 0 Å². The van der Waals surface area contributed by atoms with Gasteiger partial charge in [0, 0.05) is 12.3 Å². The average Bonchev–Trinajstić information content (AvgIpc) is 2.44. The van der Waals surface area contributed by atoms with Gasteiger partial charge >= 0.3 is 0 Å². The number of quaternary nitrogens is 1. The third kappa shape index (κ3) is 2.54. The number of nitro groups is 1. The third-order valence-electron chi connectivity index (χ3n) is 3.94. The van der Waals surface area contributed by atoms with Crippen LogP contribution in [0.5, 0.6) is 0 Å². The molecule has 6 nitrogen and oxygen atoms in total. The van der Waals surface area contributed by atoms with E-state index in [9.17, 15) is 10.1 Å². The Morgan fingerprint density at radius 1 is 1.29 bits per heavy atom. The maximum Gasteiger partial charge on any atom is 0.278 e. The van der Waals surface area contributed by atoms with Crippen molar-refractivity contribution in [2.75, 3.05) is 18.0 Å². The van der Waals surface area contributed by atoms with E-state index < -0.39 is 0 Å². The summed E-state index contributed by atoms with van der Waals surface area (Å²) in [5, 5.41) is 14.1. The van der Waals surface area contributed by atoms with Gasteiger partial charge in [-0.2, -0.15) is 0 Å². The smallest absolute Gasteiger partial charge is 0.278 e. The number of fused-ring (bicyclic) bond motifs is 1. The summed E-state index contributed by atoms with van der Waals surface area (Å²) in [6, 6.07) is 7.94. The number of benzene rings is 1. The van der Waals surface area contributed by atoms with Gasteiger partial charge in [0.05, 0.1) is 29.1 Å². The number of hydrogen-bond acceptors (Lipinski definition) is 4. The molecule has 1 fully saturated rings. The normalized spacial score (nSPS) is 22.5. The fourth-order valence-corrected chi connectivity index (χ4v) is 3.21. The van der Waals surface area contributed by atoms with Crippen LogP contribution in [0, 0.1) is 10.1 Å². The molecule has 2 N–H and O–H groups in total. The molecule has 1 aliphatic heterocycles. The molecule has 3 rings (SSSR count). The number of pyridine rings is 1. The summed E-state index contributed by atoms with van der Waals surface area (Å²) >= 11 is 0. The SMILES string of the molecule is C[C@@H]1CN(c2ccc([N+](=O)[O-])c3cccnc23)C[C@@H](C)[NH2+]1. The van der Waals surface area contributed by atoms with Crippen LogP contribution in [-0.2, 0) is 0 Å². The lowest BCUT2D eigenvalue weighted by Gasteiger charge is -2.35. The molecular weight excluding hydrogens is 268 g/mol. The van der Waals surface area contributed by atoms with Crippen LogP contribution in [-0.4, -0.2) is 35.1 Å². The molecule has 1 aliphatic rings. The van der Waals surface area contributed by atoms with E-state index in [1.54, 1.807) is 24.4 Å². The van der Waals surface area contributed by atoms with Gasteiger partial charge in [-0.25, -0.2) is 0 Å². The van der Waals surface area contributed by atoms with E-state index >= 15 is 0 Å². The maximum atomic E-state index is 11.2. The van der Waals surface area contributed by atoms with Gasteiger partial charge in [-0.15, -0.1) is 0 Å². The van der Waals surface area contributed by atoms with Gasteiger partial charge in [-0.3, -0.25) is 15.1 Å². The van der Waals surface area contributed by atoms with Crippen molar-refractivity contribution in [3.8, 4) is 0 Å². The highest BCUT2D eigenvalue weighted by atomic mass is 16.6. The summed E-state index contributed by atoms with van der Waals surface area (Å²) in [7, 11) is 0. The summed E-state index contributed by atoms with van der Waals surface area (Å²) in [5.74, 6) is 0. The Hall–Kier alpha value is -2.21. The quantitative estimate of drug-likeness (QED) is 0.667. The summed E-state index contributed by atoms with van der Waals surface area (Å²) in [6.07, 6.45) is 1.69. The molecule has 0 saturated carbocycles. The fourth-order valence-electron chi connectivity index (χ4n) is 3.21. The molecule has 0 bridgehead atoms. The first-order valence-electron chi connectivity index (χ1n) is 7.18. The minimum absolute atomic E-state index is 0.117. The van der Waals surface area contributed by atoms with E-state index in [0.717, 1.165) is 18.8 Å². The first-order chi connectivity index (χ1) is 10.1. The van der Waals surface area contributed by atoms with Crippen molar-refractivity contribution in [3.63, 3.8) is 0 Å². The molecule has 0 spiro atoms. The van der Waals surface area contributed by atoms with Crippen molar-refractivity contribution in [1.29, 1.82) is 0 Å². The zero-order valence-corrected chi connectivity index (χ0v) is 12.2. The van der Waals surface area contributed by atoms with Crippen LogP contribution >= 0.6 is 0 Å². The summed E-state index contributed by atoms with van der Waals surface area (Å²) in [5.41, 5.74) is 1.82. The number of nitrogens with two attached hydrogens (primary N) is 1. The van der Waals surface area contributed by atoms with E-state index in [4.69, 9.17) is 0 Å². The number of nitro benzene ring substituents is 1. The number of nitrogens with zero attached hydrogens (tertiary/aromatic N) is 3. The Morgan fingerprint density at radius 3 is 2.67 bits per heavy atom. The number of non-ortho nitro benzene ring substituents is 1. The number of hydrogen-bond donors (Lipinski definition) is 1. The lowest BCUT2D eigenvalue weighted by Crippen LogP contribution is -2.99. The van der Waals surface area contributed by atoms with Crippen molar-refractivity contribution in [2.45, 2.75) is 25.9 Å². The van der Waals surface area contributed by atoms with Crippen LogP contribution in [0.3, 0.4) is 0 Å². The summed E-state index contributed by atoms with van der Waals surface area (Å²) < 4.78 is 0. The van der Waals surface area contributed by atoms with Crippen LogP contribution in [0.1, 0.15) is 13.8 Å². The molecule has 2 aromatic rings. The molecular formula is C15H19N4O2+. The predicted molar refractivity (Wildman–Crippen MR) is 81.5 cm³/mol. The second-order valence-electron chi connectivity index (χ2n) is 5.81. The van der Waals surface area contributed by atoms with E-state index in [1.807, 2.05) is 6.07 Å². The number of rotatable bonds is 2. The third-order valence-corrected chi connectivity index (χ3v) is 3.94. The zero-order valence-electron chi connectivity index (χ0n) is 12.2. The Balaban J connectivity index is 2.11. The molecule has 0 aliphatic carbocycles. The molecule has 0 unspecified atom stereocenters. The Morgan fingerprint density at radius 2 is 2.00 bits per heavy atom. The van der Waals surface area contributed by atoms with Gasteiger partial charge < -0.3 is 10.2 Å². The van der Waals surface area contributed by atoms with Gasteiger partial charge in [0.1, 0.15) is 17.6 Å². The highest BCUT2D eigenvalue weighted by molar-refractivity contribution is 5.97. The van der Waals surface area contributed by atoms with Gasteiger partial charge in [0.25, 0.3) is 5.69 Å². The summed E-state index contributed by atoms with van der Waals surface area (Å²) in [6.45, 7) is 6.25. The molecule has 6 heteroatoms. The van der Waals surface area contributed by atoms with Gasteiger partial charge in [-0.05, 0) is 32.0 Å². The molecule has 2 heterocycles. The minimum atomic E-state index is -0.344. The van der Waals surface area contributed by atoms with E-state index in [1.165, 1.54) is 0 Å². The van der Waals surface area contributed by atoms with Crippen LogP contribution in [0.2, 0.25) is 0 Å². The number of piperazine rings is 1. The highest BCUT2D eigenvalue weighted by Gasteiger charge is 2.27. The number of aromatic nitrogens is 1. The highest BCUT2D eigenvalue weighted by Crippen LogP contribution is 2.32. The molecule has 0 radical (unpaired) electrons. The monoisotopic (exact) mass is 287 g/mol. The average molecular weight is 287 g/mol. The molecule has 1 aromatic heterocycles. The Kier molecular flexibility index (Phi) is 3.47. The van der Waals surface area contributed by atoms with Gasteiger partial charge in [0.15, 0.2) is 0 Å². The standard InChI is InChI=1S/C15H18N4O2/c1-10-8-18(9-11(2)17-10)14-6-5-13(19(20)21)12-4-3-7-16-15(12)14/h3-7,10-11,17H,8-9H2,1-2H3/p+1/t10-,11-/m1/s1. The van der Waals surface area contributed by atoms with Crippen molar-refractivity contribution >= 4 is 22.3 Å². The minimum Gasteiger partial charge on any atom is -0.358 e. The molecule has 2 atom stereocenters. The van der Waals surface area contributed by atoms with Crippen LogP contribution in [0.25, 0.3) is 10.9 Å². The topological polar surface area (TPSA) is 75.9 Å². The number of anilines is 1. The fraction of sp³-hybridized carbons (Fsp3) is 0.400. The zero-order chi connectivity index (χ0) is 15.0. The Labute approximate surface area is 122 Å². The second kappa shape index (κ2) is 5.29. The van der Waals surface area contributed by atoms with Crippen molar-refractivity contribution in [1.82, 2.24) is 4.98 Å². The summed E-state index contributed by atoms with van der Waals surface area (Å²) in [4.78, 5) is 17.5. The molecule has 110 valence electrons. The molecule has 0 amide bonds. The van der Waals surface area contributed by atoms with Crippen molar-refractivity contribution in [3.05, 3.63) is 40.6 Å². The first kappa shape index (κ1) is 13.8. The second-order valence-corrected chi connectivity index (χ2v) is 5.81. The van der Waals surface area contributed by atoms with Crippen LogP contribution in [0.4, 0.5) is 11.4 Å². The van der Waals surface area contributed by atoms with Crippen molar-refractivity contribution < 1.29 is 10.2 Å². The lowest BCUT2D eigenvalue weighted by molar-refractivity contribution is -0.716. The van der Waals surface area contributed by atoms with E-state index in [0.29, 0.717) is 23.0 Å². The lowest BCUT2D eigenvalue weighted by atomic mass is 10.1.